The van der Waals surface area contributed by atoms with Gasteiger partial charge in [0.25, 0.3) is 0 Å². The molecule has 2 rings (SSSR count). The van der Waals surface area contributed by atoms with Crippen molar-refractivity contribution in [3.05, 3.63) is 62.6 Å². The average molecular weight is 313 g/mol. The number of halogens is 3. The predicted octanol–water partition coefficient (Wildman–Crippen LogP) is 5.10. The van der Waals surface area contributed by atoms with Gasteiger partial charge in [0.1, 0.15) is 12.4 Å². The van der Waals surface area contributed by atoms with Crippen LogP contribution in [0.4, 0.5) is 0 Å². The van der Waals surface area contributed by atoms with Crippen molar-refractivity contribution in [1.29, 1.82) is 5.26 Å². The summed E-state index contributed by atoms with van der Waals surface area (Å²) in [5, 5.41) is 10.2. The highest BCUT2D eigenvalue weighted by molar-refractivity contribution is 6.42. The molecule has 0 saturated carbocycles. The number of hydrogen-bond donors (Lipinski definition) is 0. The Bertz CT molecular complexity index is 650. The molecule has 0 unspecified atom stereocenters. The molecule has 19 heavy (non-hydrogen) atoms. The van der Waals surface area contributed by atoms with Crippen LogP contribution in [0.2, 0.25) is 15.1 Å². The van der Waals surface area contributed by atoms with Crippen LogP contribution in [0.5, 0.6) is 5.75 Å². The summed E-state index contributed by atoms with van der Waals surface area (Å²) in [6.45, 7) is 0.294. The van der Waals surface area contributed by atoms with Gasteiger partial charge in [-0.15, -0.1) is 0 Å². The number of benzene rings is 2. The van der Waals surface area contributed by atoms with Crippen LogP contribution in [-0.4, -0.2) is 0 Å². The summed E-state index contributed by atoms with van der Waals surface area (Å²) >= 11 is 17.8. The second kappa shape index (κ2) is 6.16. The lowest BCUT2D eigenvalue weighted by Gasteiger charge is -2.08. The molecule has 0 spiro atoms. The zero-order valence-corrected chi connectivity index (χ0v) is 11.9. The van der Waals surface area contributed by atoms with E-state index in [1.165, 1.54) is 0 Å². The quantitative estimate of drug-likeness (QED) is 0.790. The number of rotatable bonds is 3. The van der Waals surface area contributed by atoms with Gasteiger partial charge in [-0.25, -0.2) is 0 Å². The second-order valence-corrected chi connectivity index (χ2v) is 5.00. The maximum Gasteiger partial charge on any atom is 0.121 e. The van der Waals surface area contributed by atoms with E-state index < -0.39 is 0 Å². The Labute approximate surface area is 126 Å². The van der Waals surface area contributed by atoms with Gasteiger partial charge in [-0.05, 0) is 24.3 Å². The van der Waals surface area contributed by atoms with Gasteiger partial charge in [-0.1, -0.05) is 40.9 Å². The number of nitriles is 1. The first-order valence-corrected chi connectivity index (χ1v) is 6.50. The van der Waals surface area contributed by atoms with E-state index in [1.807, 2.05) is 6.07 Å². The summed E-state index contributed by atoms with van der Waals surface area (Å²) in [7, 11) is 0. The summed E-state index contributed by atoms with van der Waals surface area (Å²) in [5.41, 5.74) is 1.31. The van der Waals surface area contributed by atoms with Crippen molar-refractivity contribution in [2.24, 2.45) is 0 Å². The lowest BCUT2D eigenvalue weighted by atomic mass is 10.1. The molecule has 0 aliphatic rings. The van der Waals surface area contributed by atoms with Gasteiger partial charge in [0.2, 0.25) is 0 Å². The third-order valence-electron chi connectivity index (χ3n) is 2.47. The van der Waals surface area contributed by atoms with Crippen LogP contribution >= 0.6 is 34.8 Å². The molecule has 0 aliphatic carbocycles. The SMILES string of the molecule is N#Cc1ccc(COc2ccc(Cl)c(Cl)c2)c(Cl)c1. The van der Waals surface area contributed by atoms with Crippen LogP contribution < -0.4 is 4.74 Å². The minimum Gasteiger partial charge on any atom is -0.489 e. The average Bonchev–Trinajstić information content (AvgIpc) is 2.41. The molecule has 0 amide bonds. The zero-order valence-electron chi connectivity index (χ0n) is 9.66. The minimum atomic E-state index is 0.294. The van der Waals surface area contributed by atoms with Crippen LogP contribution in [0.1, 0.15) is 11.1 Å². The van der Waals surface area contributed by atoms with Crippen molar-refractivity contribution >= 4 is 34.8 Å². The van der Waals surface area contributed by atoms with Crippen molar-refractivity contribution in [3.63, 3.8) is 0 Å². The molecule has 0 fully saturated rings. The first kappa shape index (κ1) is 14.0. The summed E-state index contributed by atoms with van der Waals surface area (Å²) in [6, 6.07) is 12.1. The predicted molar refractivity (Wildman–Crippen MR) is 77.0 cm³/mol. The van der Waals surface area contributed by atoms with Crippen LogP contribution in [0.15, 0.2) is 36.4 Å². The highest BCUT2D eigenvalue weighted by Gasteiger charge is 2.04. The van der Waals surface area contributed by atoms with Gasteiger partial charge >= 0.3 is 0 Å². The second-order valence-electron chi connectivity index (χ2n) is 3.78. The molecular formula is C14H8Cl3NO. The van der Waals surface area contributed by atoms with Gasteiger partial charge in [-0.3, -0.25) is 0 Å². The van der Waals surface area contributed by atoms with E-state index in [9.17, 15) is 0 Å². The van der Waals surface area contributed by atoms with Crippen LogP contribution in [-0.2, 0) is 6.61 Å². The maximum absolute atomic E-state index is 8.75. The molecule has 0 N–H and O–H groups in total. The van der Waals surface area contributed by atoms with Crippen molar-refractivity contribution in [1.82, 2.24) is 0 Å². The Morgan fingerprint density at radius 2 is 1.74 bits per heavy atom. The third kappa shape index (κ3) is 3.54. The van der Waals surface area contributed by atoms with E-state index in [-0.39, 0.29) is 0 Å². The van der Waals surface area contributed by atoms with Gasteiger partial charge in [-0.2, -0.15) is 5.26 Å². The lowest BCUT2D eigenvalue weighted by Crippen LogP contribution is -1.96. The van der Waals surface area contributed by atoms with Crippen LogP contribution in [0.25, 0.3) is 0 Å². The lowest BCUT2D eigenvalue weighted by molar-refractivity contribution is 0.306. The Morgan fingerprint density at radius 1 is 0.947 bits per heavy atom. The number of nitrogens with zero attached hydrogens (tertiary/aromatic N) is 1. The van der Waals surface area contributed by atoms with E-state index >= 15 is 0 Å². The molecule has 0 atom stereocenters. The van der Waals surface area contributed by atoms with E-state index in [1.54, 1.807) is 36.4 Å². The largest absolute Gasteiger partial charge is 0.489 e. The highest BCUT2D eigenvalue weighted by Crippen LogP contribution is 2.27. The molecule has 5 heteroatoms. The normalized spacial score (nSPS) is 10.0. The van der Waals surface area contributed by atoms with Gasteiger partial charge in [0.05, 0.1) is 21.7 Å². The Kier molecular flexibility index (Phi) is 4.55. The topological polar surface area (TPSA) is 33.0 Å². The number of hydrogen-bond acceptors (Lipinski definition) is 2. The van der Waals surface area contributed by atoms with E-state index in [4.69, 9.17) is 44.8 Å². The van der Waals surface area contributed by atoms with Crippen molar-refractivity contribution < 1.29 is 4.74 Å². The molecule has 0 saturated heterocycles. The number of ether oxygens (including phenoxy) is 1. The molecule has 0 bridgehead atoms. The molecule has 0 aromatic heterocycles. The van der Waals surface area contributed by atoms with Crippen molar-refractivity contribution in [2.75, 3.05) is 0 Å². The van der Waals surface area contributed by atoms with Gasteiger partial charge in [0, 0.05) is 16.7 Å². The highest BCUT2D eigenvalue weighted by atomic mass is 35.5. The molecule has 0 aliphatic heterocycles. The molecule has 2 aromatic carbocycles. The fourth-order valence-electron chi connectivity index (χ4n) is 1.46. The van der Waals surface area contributed by atoms with E-state index in [2.05, 4.69) is 0 Å². The first-order valence-electron chi connectivity index (χ1n) is 5.36. The Hall–Kier alpha value is -1.40. The van der Waals surface area contributed by atoms with E-state index in [0.29, 0.717) is 33.0 Å². The molecule has 2 nitrogen and oxygen atoms in total. The molecule has 0 heterocycles. The third-order valence-corrected chi connectivity index (χ3v) is 3.56. The molecule has 2 aromatic rings. The standard InChI is InChI=1S/C14H8Cl3NO/c15-12-4-3-11(6-14(12)17)19-8-10-2-1-9(7-18)5-13(10)16/h1-6H,8H2. The summed E-state index contributed by atoms with van der Waals surface area (Å²) < 4.78 is 5.57. The van der Waals surface area contributed by atoms with Crippen LogP contribution in [0.3, 0.4) is 0 Å². The van der Waals surface area contributed by atoms with Crippen molar-refractivity contribution in [2.45, 2.75) is 6.61 Å². The summed E-state index contributed by atoms with van der Waals surface area (Å²) in [4.78, 5) is 0. The molecule has 0 radical (unpaired) electrons. The van der Waals surface area contributed by atoms with E-state index in [0.717, 1.165) is 5.56 Å². The fraction of sp³-hybridized carbons (Fsp3) is 0.0714. The molecular weight excluding hydrogens is 305 g/mol. The fourth-order valence-corrected chi connectivity index (χ4v) is 1.98. The first-order chi connectivity index (χ1) is 9.10. The monoisotopic (exact) mass is 311 g/mol. The minimum absolute atomic E-state index is 0.294. The Morgan fingerprint density at radius 3 is 2.37 bits per heavy atom. The van der Waals surface area contributed by atoms with Gasteiger partial charge in [0.15, 0.2) is 0 Å². The molecule has 96 valence electrons. The van der Waals surface area contributed by atoms with Gasteiger partial charge < -0.3 is 4.74 Å². The van der Waals surface area contributed by atoms with Crippen molar-refractivity contribution in [3.8, 4) is 11.8 Å². The summed E-state index contributed by atoms with van der Waals surface area (Å²) in [5.74, 6) is 0.606. The van der Waals surface area contributed by atoms with Crippen LogP contribution in [0, 0.1) is 11.3 Å². The Balaban J connectivity index is 2.10. The zero-order chi connectivity index (χ0) is 13.8. The maximum atomic E-state index is 8.75. The smallest absolute Gasteiger partial charge is 0.121 e. The summed E-state index contributed by atoms with van der Waals surface area (Å²) in [6.07, 6.45) is 0.